The lowest BCUT2D eigenvalue weighted by Gasteiger charge is -2.53. The van der Waals surface area contributed by atoms with Gasteiger partial charge in [0, 0.05) is 28.7 Å². The number of ether oxygens (including phenoxy) is 2. The Balaban J connectivity index is 1.51. The Bertz CT molecular complexity index is 834. The van der Waals surface area contributed by atoms with Gasteiger partial charge in [-0.2, -0.15) is 0 Å². The predicted molar refractivity (Wildman–Crippen MR) is 98.5 cm³/mol. The second-order valence-electron chi connectivity index (χ2n) is 7.90. The van der Waals surface area contributed by atoms with Crippen molar-refractivity contribution in [3.63, 3.8) is 0 Å². The van der Waals surface area contributed by atoms with Crippen molar-refractivity contribution in [3.05, 3.63) is 35.5 Å². The van der Waals surface area contributed by atoms with Crippen molar-refractivity contribution in [3.8, 4) is 0 Å². The van der Waals surface area contributed by atoms with Crippen LogP contribution in [0.3, 0.4) is 0 Å². The van der Waals surface area contributed by atoms with E-state index in [9.17, 15) is 9.90 Å². The Morgan fingerprint density at radius 1 is 1.27 bits per heavy atom. The van der Waals surface area contributed by atoms with Gasteiger partial charge in [0.2, 0.25) is 0 Å². The summed E-state index contributed by atoms with van der Waals surface area (Å²) < 4.78 is 14.0. The highest BCUT2D eigenvalue weighted by Gasteiger charge is 2.42. The molecular formula is C20H26N2O4. The summed E-state index contributed by atoms with van der Waals surface area (Å²) in [5.41, 5.74) is 2.22. The maximum atomic E-state index is 11.7. The first-order valence-electron chi connectivity index (χ1n) is 9.19. The molecule has 3 heterocycles. The Morgan fingerprint density at radius 3 is 2.54 bits per heavy atom. The van der Waals surface area contributed by atoms with Gasteiger partial charge >= 0.3 is 5.97 Å². The lowest BCUT2D eigenvalue weighted by molar-refractivity contribution is -0.226. The summed E-state index contributed by atoms with van der Waals surface area (Å²) in [6.45, 7) is 9.25. The third-order valence-corrected chi connectivity index (χ3v) is 5.91. The highest BCUT2D eigenvalue weighted by molar-refractivity contribution is 6.05. The third-order valence-electron chi connectivity index (χ3n) is 5.91. The molecule has 1 aromatic carbocycles. The number of benzene rings is 1. The molecule has 26 heavy (non-hydrogen) atoms. The quantitative estimate of drug-likeness (QED) is 0.910. The second kappa shape index (κ2) is 6.37. The van der Waals surface area contributed by atoms with Crippen molar-refractivity contribution in [2.75, 3.05) is 19.8 Å². The number of nitrogens with zero attached hydrogens (tertiary/aromatic N) is 2. The van der Waals surface area contributed by atoms with Gasteiger partial charge < -0.3 is 19.1 Å². The molecule has 0 aliphatic carbocycles. The van der Waals surface area contributed by atoms with Crippen LogP contribution in [-0.2, 0) is 16.0 Å². The Morgan fingerprint density at radius 2 is 1.96 bits per heavy atom. The van der Waals surface area contributed by atoms with Crippen LogP contribution >= 0.6 is 0 Å². The van der Waals surface area contributed by atoms with Gasteiger partial charge in [0.25, 0.3) is 0 Å². The molecule has 140 valence electrons. The number of carboxylic acid groups (broad SMARTS) is 1. The highest BCUT2D eigenvalue weighted by atomic mass is 16.7. The van der Waals surface area contributed by atoms with E-state index >= 15 is 0 Å². The smallest absolute Gasteiger partial charge is 0.338 e. The molecule has 0 saturated carbocycles. The lowest BCUT2D eigenvalue weighted by Crippen LogP contribution is -2.63. The van der Waals surface area contributed by atoms with Gasteiger partial charge in [-0.1, -0.05) is 18.2 Å². The van der Waals surface area contributed by atoms with E-state index in [0.29, 0.717) is 31.4 Å². The average molecular weight is 358 g/mol. The first-order valence-corrected chi connectivity index (χ1v) is 9.19. The number of carbonyl (C=O) groups is 1. The van der Waals surface area contributed by atoms with Crippen molar-refractivity contribution < 1.29 is 19.4 Å². The van der Waals surface area contributed by atoms with Crippen molar-refractivity contribution in [1.29, 1.82) is 0 Å². The monoisotopic (exact) mass is 358 g/mol. The zero-order valence-electron chi connectivity index (χ0n) is 15.6. The summed E-state index contributed by atoms with van der Waals surface area (Å²) in [6.07, 6.45) is 0.853. The van der Waals surface area contributed by atoms with Gasteiger partial charge in [-0.05, 0) is 33.3 Å². The van der Waals surface area contributed by atoms with Crippen LogP contribution in [0, 0.1) is 6.92 Å². The van der Waals surface area contributed by atoms with Gasteiger partial charge in [-0.15, -0.1) is 0 Å². The zero-order chi connectivity index (χ0) is 18.5. The van der Waals surface area contributed by atoms with E-state index < -0.39 is 5.97 Å². The fourth-order valence-corrected chi connectivity index (χ4v) is 4.27. The van der Waals surface area contributed by atoms with Gasteiger partial charge in [-0.25, -0.2) is 4.79 Å². The van der Waals surface area contributed by atoms with Gasteiger partial charge in [0.15, 0.2) is 6.29 Å². The molecule has 2 aliphatic heterocycles. The summed E-state index contributed by atoms with van der Waals surface area (Å²) in [6, 6.07) is 7.89. The molecule has 0 amide bonds. The molecule has 1 aromatic heterocycles. The molecule has 0 spiro atoms. The highest BCUT2D eigenvalue weighted by Crippen LogP contribution is 2.33. The number of hydrogen-bond acceptors (Lipinski definition) is 4. The van der Waals surface area contributed by atoms with E-state index in [2.05, 4.69) is 18.7 Å². The molecule has 6 heteroatoms. The van der Waals surface area contributed by atoms with Gasteiger partial charge in [0.05, 0.1) is 31.4 Å². The first kappa shape index (κ1) is 17.5. The fourth-order valence-electron chi connectivity index (χ4n) is 4.27. The van der Waals surface area contributed by atoms with Crippen LogP contribution in [0.2, 0.25) is 0 Å². The number of rotatable bonds is 4. The Hall–Kier alpha value is -1.89. The molecule has 2 aromatic rings. The number of likely N-dealkylation sites (tertiary alicyclic amines) is 1. The lowest BCUT2D eigenvalue weighted by atomic mass is 9.87. The summed E-state index contributed by atoms with van der Waals surface area (Å²) in [7, 11) is 0. The predicted octanol–water partition coefficient (Wildman–Crippen LogP) is 2.87. The molecule has 0 atom stereocenters. The van der Waals surface area contributed by atoms with Crippen LogP contribution in [0.25, 0.3) is 10.9 Å². The van der Waals surface area contributed by atoms with Gasteiger partial charge in [-0.3, -0.25) is 4.90 Å². The Labute approximate surface area is 153 Å². The van der Waals surface area contributed by atoms with Crippen molar-refractivity contribution in [1.82, 2.24) is 9.47 Å². The molecule has 2 saturated heterocycles. The van der Waals surface area contributed by atoms with Crippen molar-refractivity contribution >= 4 is 16.9 Å². The average Bonchev–Trinajstić information content (AvgIpc) is 2.88. The summed E-state index contributed by atoms with van der Waals surface area (Å²) in [5, 5.41) is 10.3. The number of para-hydroxylation sites is 1. The maximum Gasteiger partial charge on any atom is 0.338 e. The topological polar surface area (TPSA) is 63.9 Å². The largest absolute Gasteiger partial charge is 0.478 e. The minimum Gasteiger partial charge on any atom is -0.478 e. The van der Waals surface area contributed by atoms with Gasteiger partial charge in [0.1, 0.15) is 0 Å². The maximum absolute atomic E-state index is 11.7. The first-order chi connectivity index (χ1) is 12.4. The molecule has 1 N–H and O–H groups in total. The number of fused-ring (bicyclic) bond motifs is 1. The van der Waals surface area contributed by atoms with E-state index in [1.807, 2.05) is 35.8 Å². The Kier molecular flexibility index (Phi) is 4.29. The van der Waals surface area contributed by atoms with Crippen LogP contribution in [0.1, 0.15) is 36.3 Å². The van der Waals surface area contributed by atoms with Crippen molar-refractivity contribution in [2.24, 2.45) is 0 Å². The van der Waals surface area contributed by atoms with E-state index in [-0.39, 0.29) is 11.8 Å². The molecule has 4 rings (SSSR count). The molecule has 0 radical (unpaired) electrons. The number of hydrogen-bond donors (Lipinski definition) is 1. The molecule has 0 bridgehead atoms. The molecule has 6 nitrogen and oxygen atoms in total. The van der Waals surface area contributed by atoms with Crippen molar-refractivity contribution in [2.45, 2.75) is 51.6 Å². The summed E-state index contributed by atoms with van der Waals surface area (Å²) in [5.74, 6) is -0.900. The van der Waals surface area contributed by atoms with Crippen LogP contribution in [0.15, 0.2) is 24.3 Å². The SMILES string of the molecule is Cc1c(C(=O)O)c2ccccc2n1CC1OCC(N2CCC2(C)C)CO1. The van der Waals surface area contributed by atoms with Crippen LogP contribution in [0.5, 0.6) is 0 Å². The third kappa shape index (κ3) is 2.82. The minimum atomic E-state index is -0.900. The number of aromatic nitrogens is 1. The molecule has 2 aliphatic rings. The summed E-state index contributed by atoms with van der Waals surface area (Å²) in [4.78, 5) is 14.1. The summed E-state index contributed by atoms with van der Waals surface area (Å²) >= 11 is 0. The number of carboxylic acids is 1. The molecule has 0 unspecified atom stereocenters. The second-order valence-corrected chi connectivity index (χ2v) is 7.90. The standard InChI is InChI=1S/C20H26N2O4/c1-13-18(19(23)24)15-6-4-5-7-16(15)21(13)10-17-25-11-14(12-26-17)22-9-8-20(22,2)3/h4-7,14,17H,8-12H2,1-3H3,(H,23,24). The van der Waals surface area contributed by atoms with E-state index in [1.165, 1.54) is 6.42 Å². The van der Waals surface area contributed by atoms with Crippen LogP contribution < -0.4 is 0 Å². The zero-order valence-corrected chi connectivity index (χ0v) is 15.6. The van der Waals surface area contributed by atoms with E-state index in [1.54, 1.807) is 0 Å². The fraction of sp³-hybridized carbons (Fsp3) is 0.550. The van der Waals surface area contributed by atoms with E-state index in [0.717, 1.165) is 23.1 Å². The number of aromatic carboxylic acids is 1. The normalized spacial score (nSPS) is 26.0. The van der Waals surface area contributed by atoms with Crippen LogP contribution in [0.4, 0.5) is 0 Å². The van der Waals surface area contributed by atoms with E-state index in [4.69, 9.17) is 9.47 Å². The minimum absolute atomic E-state index is 0.230. The molecular weight excluding hydrogens is 332 g/mol. The molecule has 2 fully saturated rings. The van der Waals surface area contributed by atoms with Crippen LogP contribution in [-0.4, -0.2) is 58.2 Å².